The SMILES string of the molecule is CCCn1c(SCC(=O)O)nnc1-c1ccc(O)c(O)c1. The van der Waals surface area contributed by atoms with Crippen LogP contribution in [0.15, 0.2) is 23.4 Å². The molecule has 8 heteroatoms. The van der Waals surface area contributed by atoms with Gasteiger partial charge >= 0.3 is 5.97 Å². The van der Waals surface area contributed by atoms with Gasteiger partial charge in [-0.1, -0.05) is 18.7 Å². The van der Waals surface area contributed by atoms with Gasteiger partial charge in [-0.25, -0.2) is 0 Å². The Balaban J connectivity index is 2.38. The normalized spacial score (nSPS) is 10.7. The Morgan fingerprint density at radius 2 is 2.05 bits per heavy atom. The molecule has 2 rings (SSSR count). The van der Waals surface area contributed by atoms with Crippen molar-refractivity contribution in [1.29, 1.82) is 0 Å². The number of phenols is 2. The van der Waals surface area contributed by atoms with E-state index in [2.05, 4.69) is 10.2 Å². The van der Waals surface area contributed by atoms with Gasteiger partial charge in [-0.05, 0) is 24.6 Å². The number of aromatic hydroxyl groups is 2. The molecule has 3 N–H and O–H groups in total. The maximum atomic E-state index is 10.7. The first kappa shape index (κ1) is 15.2. The summed E-state index contributed by atoms with van der Waals surface area (Å²) in [5.74, 6) is -0.933. The highest BCUT2D eigenvalue weighted by atomic mass is 32.2. The second-order valence-electron chi connectivity index (χ2n) is 4.34. The molecular weight excluding hydrogens is 294 g/mol. The number of thioether (sulfide) groups is 1. The van der Waals surface area contributed by atoms with Gasteiger partial charge in [-0.3, -0.25) is 4.79 Å². The van der Waals surface area contributed by atoms with Crippen molar-refractivity contribution < 1.29 is 20.1 Å². The van der Waals surface area contributed by atoms with Crippen LogP contribution in [0.4, 0.5) is 0 Å². The molecule has 1 aromatic carbocycles. The molecule has 1 aromatic heterocycles. The molecule has 0 unspecified atom stereocenters. The summed E-state index contributed by atoms with van der Waals surface area (Å²) in [6, 6.07) is 4.40. The van der Waals surface area contributed by atoms with Gasteiger partial charge in [0, 0.05) is 12.1 Å². The van der Waals surface area contributed by atoms with Crippen LogP contribution in [-0.4, -0.2) is 41.8 Å². The summed E-state index contributed by atoms with van der Waals surface area (Å²) in [5, 5.41) is 36.3. The standard InChI is InChI=1S/C13H15N3O4S/c1-2-5-16-12(8-3-4-9(17)10(18)6-8)14-15-13(16)21-7-11(19)20/h3-4,6,17-18H,2,5,7H2,1H3,(H,19,20). The second-order valence-corrected chi connectivity index (χ2v) is 5.29. The first-order chi connectivity index (χ1) is 10.0. The minimum Gasteiger partial charge on any atom is -0.504 e. The maximum Gasteiger partial charge on any atom is 0.313 e. The Morgan fingerprint density at radius 3 is 2.67 bits per heavy atom. The van der Waals surface area contributed by atoms with E-state index in [1.807, 2.05) is 6.92 Å². The second kappa shape index (κ2) is 6.49. The van der Waals surface area contributed by atoms with Crippen LogP contribution in [0, 0.1) is 0 Å². The fourth-order valence-electron chi connectivity index (χ4n) is 1.82. The largest absolute Gasteiger partial charge is 0.504 e. The van der Waals surface area contributed by atoms with Gasteiger partial charge in [0.15, 0.2) is 22.5 Å². The van der Waals surface area contributed by atoms with Crippen LogP contribution >= 0.6 is 11.8 Å². The molecule has 0 fully saturated rings. The molecule has 112 valence electrons. The summed E-state index contributed by atoms with van der Waals surface area (Å²) in [6.45, 7) is 2.62. The van der Waals surface area contributed by atoms with Crippen molar-refractivity contribution in [2.45, 2.75) is 25.0 Å². The number of aliphatic carboxylic acids is 1. The zero-order valence-corrected chi connectivity index (χ0v) is 12.2. The van der Waals surface area contributed by atoms with Crippen LogP contribution in [0.1, 0.15) is 13.3 Å². The van der Waals surface area contributed by atoms with E-state index in [0.717, 1.165) is 18.2 Å². The minimum absolute atomic E-state index is 0.0946. The van der Waals surface area contributed by atoms with Gasteiger partial charge in [0.1, 0.15) is 0 Å². The highest BCUT2D eigenvalue weighted by Gasteiger charge is 2.16. The fraction of sp³-hybridized carbons (Fsp3) is 0.308. The molecule has 7 nitrogen and oxygen atoms in total. The monoisotopic (exact) mass is 309 g/mol. The molecule has 0 aliphatic rings. The number of hydrogen-bond donors (Lipinski definition) is 3. The molecule has 0 radical (unpaired) electrons. The fourth-order valence-corrected chi connectivity index (χ4v) is 2.51. The molecule has 0 aliphatic carbocycles. The average Bonchev–Trinajstić information content (AvgIpc) is 2.83. The number of carboxylic acids is 1. The van der Waals surface area contributed by atoms with E-state index in [0.29, 0.717) is 23.1 Å². The summed E-state index contributed by atoms with van der Waals surface area (Å²) in [7, 11) is 0. The third-order valence-electron chi connectivity index (χ3n) is 2.72. The van der Waals surface area contributed by atoms with Crippen LogP contribution in [0.3, 0.4) is 0 Å². The van der Waals surface area contributed by atoms with E-state index in [1.165, 1.54) is 12.1 Å². The zero-order valence-electron chi connectivity index (χ0n) is 11.4. The van der Waals surface area contributed by atoms with Gasteiger partial charge in [0.2, 0.25) is 0 Å². The van der Waals surface area contributed by atoms with E-state index in [-0.39, 0.29) is 17.3 Å². The number of phenolic OH excluding ortho intramolecular Hbond substituents is 2. The topological polar surface area (TPSA) is 108 Å². The van der Waals surface area contributed by atoms with Crippen molar-refractivity contribution in [3.63, 3.8) is 0 Å². The van der Waals surface area contributed by atoms with Crippen LogP contribution in [-0.2, 0) is 11.3 Å². The van der Waals surface area contributed by atoms with Crippen molar-refractivity contribution in [2.24, 2.45) is 0 Å². The number of rotatable bonds is 6. The third kappa shape index (κ3) is 3.46. The van der Waals surface area contributed by atoms with Crippen molar-refractivity contribution in [2.75, 3.05) is 5.75 Å². The summed E-state index contributed by atoms with van der Waals surface area (Å²) >= 11 is 1.10. The van der Waals surface area contributed by atoms with Crippen LogP contribution in [0.5, 0.6) is 11.5 Å². The minimum atomic E-state index is -0.921. The lowest BCUT2D eigenvalue weighted by molar-refractivity contribution is -0.133. The maximum absolute atomic E-state index is 10.7. The van der Waals surface area contributed by atoms with E-state index in [1.54, 1.807) is 10.6 Å². The summed E-state index contributed by atoms with van der Waals surface area (Å²) in [6.07, 6.45) is 0.829. The molecule has 0 spiro atoms. The molecule has 0 aliphatic heterocycles. The van der Waals surface area contributed by atoms with Gasteiger partial charge < -0.3 is 19.9 Å². The van der Waals surface area contributed by atoms with Crippen molar-refractivity contribution in [3.8, 4) is 22.9 Å². The number of aromatic nitrogens is 3. The summed E-state index contributed by atoms with van der Waals surface area (Å²) < 4.78 is 1.80. The first-order valence-electron chi connectivity index (χ1n) is 6.33. The highest BCUT2D eigenvalue weighted by Crippen LogP contribution is 2.31. The Labute approximate surface area is 125 Å². The first-order valence-corrected chi connectivity index (χ1v) is 7.31. The predicted octanol–water partition coefficient (Wildman–Crippen LogP) is 1.94. The average molecular weight is 309 g/mol. The van der Waals surface area contributed by atoms with E-state index in [9.17, 15) is 15.0 Å². The van der Waals surface area contributed by atoms with Gasteiger partial charge in [-0.2, -0.15) is 0 Å². The highest BCUT2D eigenvalue weighted by molar-refractivity contribution is 7.99. The molecule has 0 atom stereocenters. The van der Waals surface area contributed by atoms with Crippen molar-refractivity contribution >= 4 is 17.7 Å². The summed E-state index contributed by atoms with van der Waals surface area (Å²) in [4.78, 5) is 10.7. The molecular formula is C13H15N3O4S. The lowest BCUT2D eigenvalue weighted by atomic mass is 10.2. The van der Waals surface area contributed by atoms with Crippen molar-refractivity contribution in [1.82, 2.24) is 14.8 Å². The number of nitrogens with zero attached hydrogens (tertiary/aromatic N) is 3. The van der Waals surface area contributed by atoms with Crippen LogP contribution < -0.4 is 0 Å². The number of carboxylic acid groups (broad SMARTS) is 1. The zero-order chi connectivity index (χ0) is 15.4. The van der Waals surface area contributed by atoms with Gasteiger partial charge in [0.05, 0.1) is 5.75 Å². The van der Waals surface area contributed by atoms with Gasteiger partial charge in [-0.15, -0.1) is 10.2 Å². The Hall–Kier alpha value is -2.22. The third-order valence-corrected chi connectivity index (χ3v) is 3.67. The van der Waals surface area contributed by atoms with Crippen LogP contribution in [0.2, 0.25) is 0 Å². The van der Waals surface area contributed by atoms with Crippen LogP contribution in [0.25, 0.3) is 11.4 Å². The lowest BCUT2D eigenvalue weighted by Crippen LogP contribution is -2.04. The van der Waals surface area contributed by atoms with Crippen molar-refractivity contribution in [3.05, 3.63) is 18.2 Å². The Morgan fingerprint density at radius 1 is 1.29 bits per heavy atom. The molecule has 0 saturated heterocycles. The number of hydrogen-bond acceptors (Lipinski definition) is 6. The quantitative estimate of drug-likeness (QED) is 0.552. The van der Waals surface area contributed by atoms with Gasteiger partial charge in [0.25, 0.3) is 0 Å². The predicted molar refractivity (Wildman–Crippen MR) is 77.4 cm³/mol. The molecule has 21 heavy (non-hydrogen) atoms. The Kier molecular flexibility index (Phi) is 4.69. The lowest BCUT2D eigenvalue weighted by Gasteiger charge is -2.08. The smallest absolute Gasteiger partial charge is 0.313 e. The van der Waals surface area contributed by atoms with E-state index >= 15 is 0 Å². The molecule has 0 saturated carbocycles. The molecule has 2 aromatic rings. The molecule has 0 amide bonds. The molecule has 0 bridgehead atoms. The Bertz CT molecular complexity index is 657. The van der Waals surface area contributed by atoms with E-state index in [4.69, 9.17) is 5.11 Å². The van der Waals surface area contributed by atoms with E-state index < -0.39 is 5.97 Å². The number of benzene rings is 1. The number of carbonyl (C=O) groups is 1. The molecule has 1 heterocycles. The summed E-state index contributed by atoms with van der Waals surface area (Å²) in [5.41, 5.74) is 0.605.